The van der Waals surface area contributed by atoms with Crippen molar-refractivity contribution in [2.45, 2.75) is 0 Å². The monoisotopic (exact) mass is 692 g/mol. The van der Waals surface area contributed by atoms with Gasteiger partial charge in [0, 0.05) is 34.1 Å². The predicted molar refractivity (Wildman–Crippen MR) is 96.4 cm³/mol. The van der Waals surface area contributed by atoms with E-state index in [1.54, 1.807) is 0 Å². The van der Waals surface area contributed by atoms with E-state index in [4.69, 9.17) is 65.6 Å². The molecule has 3 fully saturated rings. The van der Waals surface area contributed by atoms with Crippen molar-refractivity contribution in [3.63, 3.8) is 0 Å². The molecule has 0 N–H and O–H groups in total. The van der Waals surface area contributed by atoms with Crippen molar-refractivity contribution in [2.24, 2.45) is 0 Å². The van der Waals surface area contributed by atoms with Crippen molar-refractivity contribution in [3.05, 3.63) is 53.2 Å². The SMILES string of the molecule is C1COCCO1.C1COCCO1.C1COCCO1.[C-]#[O+].[C-]#[O+].[C-]#[O+].[C-]#[O+].[C-]#[O+].[C-]#[O+].[C-]#[O+].[C-]#[O+].[Fe].[Fe].[Na+].[Na+].[Na+].[Na+]. The van der Waals surface area contributed by atoms with Gasteiger partial charge in [0.25, 0.3) is 0 Å². The van der Waals surface area contributed by atoms with E-state index in [0.29, 0.717) is 0 Å². The van der Waals surface area contributed by atoms with Gasteiger partial charge in [-0.2, -0.15) is 0 Å². The Morgan fingerprint density at radius 1 is 0.225 bits per heavy atom. The van der Waals surface area contributed by atoms with Gasteiger partial charge in [0.05, 0.1) is 79.3 Å². The smallest absolute Gasteiger partial charge is 0 e. The standard InChI is InChI=1S/3C4H8O2.8CO.2Fe.4Na/c3*1-2-6-4-3-5-1;8*1-2;;;;;;/h3*1-4H2;;;;;;;;;;;;;;/q;;;;;;;;;;;;;4*+1. The van der Waals surface area contributed by atoms with Crippen LogP contribution in [0.4, 0.5) is 0 Å². The fraction of sp³-hybridized carbons (Fsp3) is 0.600. The van der Waals surface area contributed by atoms with E-state index in [0.717, 1.165) is 79.3 Å². The van der Waals surface area contributed by atoms with Crippen molar-refractivity contribution in [2.75, 3.05) is 79.3 Å². The fourth-order valence-corrected chi connectivity index (χ4v) is 1.32. The van der Waals surface area contributed by atoms with E-state index in [1.807, 2.05) is 0 Å². The maximum Gasteiger partial charge on any atom is 1.00 e. The summed E-state index contributed by atoms with van der Waals surface area (Å²) in [5, 5.41) is 0. The number of ether oxygens (including phenoxy) is 6. The van der Waals surface area contributed by atoms with Crippen LogP contribution >= 0.6 is 0 Å². The molecule has 0 amide bonds. The molecule has 14 nitrogen and oxygen atoms in total. The first kappa shape index (κ1) is 90.1. The first-order valence-corrected chi connectivity index (χ1v) is 8.10. The van der Waals surface area contributed by atoms with Crippen LogP contribution in [0.3, 0.4) is 0 Å². The zero-order valence-corrected chi connectivity index (χ0v) is 33.1. The van der Waals surface area contributed by atoms with Crippen LogP contribution in [0.15, 0.2) is 0 Å². The van der Waals surface area contributed by atoms with Gasteiger partial charge in [0.2, 0.25) is 0 Å². The van der Waals surface area contributed by atoms with Crippen molar-refractivity contribution >= 4 is 0 Å². The maximum atomic E-state index is 7.50. The number of hydrogen-bond donors (Lipinski definition) is 0. The third kappa shape index (κ3) is 150. The average Bonchev–Trinajstić information content (AvgIpc) is 3.04. The molecule has 0 aliphatic carbocycles. The van der Waals surface area contributed by atoms with Crippen LogP contribution in [0.25, 0.3) is 0 Å². The largest absolute Gasteiger partial charge is 1.00 e. The molecular formula is C20H24Fe2Na4O14+4. The first-order valence-electron chi connectivity index (χ1n) is 8.10. The Hall–Kier alpha value is 2.72. The molecule has 3 aliphatic heterocycles. The van der Waals surface area contributed by atoms with E-state index in [9.17, 15) is 0 Å². The zero-order valence-electron chi connectivity index (χ0n) is 22.9. The predicted octanol–water partition coefficient (Wildman–Crippen LogP) is -12.2. The third-order valence-electron chi connectivity index (χ3n) is 2.23. The summed E-state index contributed by atoms with van der Waals surface area (Å²) in [6.45, 7) is 45.3. The van der Waals surface area contributed by atoms with Crippen LogP contribution in [-0.4, -0.2) is 79.3 Å². The van der Waals surface area contributed by atoms with Gasteiger partial charge < -0.3 is 28.4 Å². The summed E-state index contributed by atoms with van der Waals surface area (Å²) in [6, 6.07) is 0. The van der Waals surface area contributed by atoms with Gasteiger partial charge >= 0.3 is 209 Å². The average molecular weight is 692 g/mol. The summed E-state index contributed by atoms with van der Waals surface area (Å²) < 4.78 is 89.7. The van der Waals surface area contributed by atoms with Crippen LogP contribution in [0.1, 0.15) is 0 Å². The summed E-state index contributed by atoms with van der Waals surface area (Å²) in [4.78, 5) is 0. The minimum Gasteiger partial charge on any atom is 0 e. The molecule has 0 bridgehead atoms. The molecule has 204 valence electrons. The minimum atomic E-state index is 0. The minimum absolute atomic E-state index is 0. The second kappa shape index (κ2) is 161. The Bertz CT molecular complexity index is 331. The summed E-state index contributed by atoms with van der Waals surface area (Å²) >= 11 is 0. The van der Waals surface area contributed by atoms with Gasteiger partial charge in [-0.25, -0.2) is 0 Å². The van der Waals surface area contributed by atoms with Crippen LogP contribution in [0.2, 0.25) is 0 Å². The molecule has 3 rings (SSSR count). The molecule has 0 aromatic carbocycles. The Morgan fingerprint density at radius 3 is 0.300 bits per heavy atom. The molecule has 0 radical (unpaired) electrons. The molecule has 3 aliphatic rings. The summed E-state index contributed by atoms with van der Waals surface area (Å²) in [6.07, 6.45) is 0. The fourth-order valence-electron chi connectivity index (χ4n) is 1.32. The van der Waals surface area contributed by atoms with Gasteiger partial charge in [-0.3, -0.25) is 0 Å². The van der Waals surface area contributed by atoms with Crippen LogP contribution in [0, 0.1) is 53.2 Å². The van der Waals surface area contributed by atoms with Crippen LogP contribution in [-0.2, 0) is 99.8 Å². The summed E-state index contributed by atoms with van der Waals surface area (Å²) in [5.41, 5.74) is 0. The second-order valence-corrected chi connectivity index (χ2v) is 3.67. The van der Waals surface area contributed by atoms with Gasteiger partial charge in [-0.05, 0) is 0 Å². The quantitative estimate of drug-likeness (QED) is 0.136. The van der Waals surface area contributed by atoms with E-state index in [2.05, 4.69) is 53.2 Å². The summed E-state index contributed by atoms with van der Waals surface area (Å²) in [7, 11) is 0. The Balaban J connectivity index is -0.0000000160. The van der Waals surface area contributed by atoms with Crippen molar-refractivity contribution < 1.29 is 218 Å². The topological polar surface area (TPSA) is 215 Å². The van der Waals surface area contributed by atoms with Gasteiger partial charge in [-0.1, -0.05) is 0 Å². The van der Waals surface area contributed by atoms with Gasteiger partial charge in [0.1, 0.15) is 0 Å². The second-order valence-electron chi connectivity index (χ2n) is 3.67. The van der Waals surface area contributed by atoms with Gasteiger partial charge in [-0.15, -0.1) is 0 Å². The molecule has 20 heteroatoms. The van der Waals surface area contributed by atoms with E-state index >= 15 is 0 Å². The molecule has 3 heterocycles. The molecule has 0 aromatic rings. The molecule has 0 aromatic heterocycles. The third-order valence-corrected chi connectivity index (χ3v) is 2.23. The van der Waals surface area contributed by atoms with E-state index in [-0.39, 0.29) is 152 Å². The van der Waals surface area contributed by atoms with E-state index < -0.39 is 0 Å². The number of hydrogen-bond acceptors (Lipinski definition) is 6. The normalized spacial score (nSPS) is 11.2. The molecule has 0 atom stereocenters. The zero-order chi connectivity index (χ0) is 28.7. The van der Waals surface area contributed by atoms with Gasteiger partial charge in [0.15, 0.2) is 0 Å². The Labute approximate surface area is 345 Å². The molecular weight excluding hydrogens is 668 g/mol. The van der Waals surface area contributed by atoms with Crippen molar-refractivity contribution in [1.82, 2.24) is 0 Å². The van der Waals surface area contributed by atoms with Crippen molar-refractivity contribution in [1.29, 1.82) is 0 Å². The molecule has 0 unspecified atom stereocenters. The molecule has 40 heavy (non-hydrogen) atoms. The van der Waals surface area contributed by atoms with Crippen molar-refractivity contribution in [3.8, 4) is 0 Å². The molecule has 3 saturated heterocycles. The van der Waals surface area contributed by atoms with Crippen LogP contribution < -0.4 is 118 Å². The molecule has 0 spiro atoms. The van der Waals surface area contributed by atoms with E-state index in [1.165, 1.54) is 0 Å². The number of rotatable bonds is 0. The van der Waals surface area contributed by atoms with Crippen LogP contribution in [0.5, 0.6) is 0 Å². The first-order chi connectivity index (χ1) is 17.0. The molecule has 0 saturated carbocycles. The Kier molecular flexibility index (Phi) is 363. The Morgan fingerprint density at radius 2 is 0.275 bits per heavy atom. The summed E-state index contributed by atoms with van der Waals surface area (Å²) in [5.74, 6) is 0. The maximum absolute atomic E-state index is 7.50.